The second-order valence-electron chi connectivity index (χ2n) is 6.94. The number of rotatable bonds is 3. The molecule has 1 N–H and O–H groups in total. The number of anilines is 1. The summed E-state index contributed by atoms with van der Waals surface area (Å²) in [5, 5.41) is 6.91. The SMILES string of the molecule is Cc1ccc(C2Cn3nc(C(=O)Nc4ccc(C(F)(F)F)cc4)cc3CO2)cc1. The van der Waals surface area contributed by atoms with Crippen molar-refractivity contribution in [3.63, 3.8) is 0 Å². The number of nitrogens with one attached hydrogen (secondary N) is 1. The summed E-state index contributed by atoms with van der Waals surface area (Å²) in [4.78, 5) is 12.5. The van der Waals surface area contributed by atoms with Crippen LogP contribution in [0.1, 0.15) is 39.0 Å². The molecular formula is C21H18F3N3O2. The molecule has 1 aliphatic rings. The van der Waals surface area contributed by atoms with Crippen LogP contribution in [0.4, 0.5) is 18.9 Å². The number of hydrogen-bond donors (Lipinski definition) is 1. The van der Waals surface area contributed by atoms with Crippen LogP contribution in [0.25, 0.3) is 0 Å². The van der Waals surface area contributed by atoms with Crippen LogP contribution in [0.3, 0.4) is 0 Å². The number of aromatic nitrogens is 2. The van der Waals surface area contributed by atoms with Gasteiger partial charge in [-0.25, -0.2) is 0 Å². The highest BCUT2D eigenvalue weighted by molar-refractivity contribution is 6.02. The summed E-state index contributed by atoms with van der Waals surface area (Å²) in [6.07, 6.45) is -4.58. The van der Waals surface area contributed by atoms with E-state index in [-0.39, 0.29) is 17.5 Å². The summed E-state index contributed by atoms with van der Waals surface area (Å²) in [6.45, 7) is 2.81. The van der Waals surface area contributed by atoms with Crippen molar-refractivity contribution in [2.75, 3.05) is 5.32 Å². The normalized spacial score (nSPS) is 16.3. The molecule has 8 heteroatoms. The zero-order valence-corrected chi connectivity index (χ0v) is 15.5. The van der Waals surface area contributed by atoms with Crippen molar-refractivity contribution in [3.8, 4) is 0 Å². The lowest BCUT2D eigenvalue weighted by molar-refractivity contribution is -0.137. The Bertz CT molecular complexity index is 1020. The van der Waals surface area contributed by atoms with Gasteiger partial charge in [-0.3, -0.25) is 9.48 Å². The predicted octanol–water partition coefficient (Wildman–Crippen LogP) is 4.73. The number of halogens is 3. The third-order valence-corrected chi connectivity index (χ3v) is 4.79. The lowest BCUT2D eigenvalue weighted by Crippen LogP contribution is -2.22. The molecule has 3 aromatic rings. The molecular weight excluding hydrogens is 383 g/mol. The van der Waals surface area contributed by atoms with Gasteiger partial charge in [0.2, 0.25) is 0 Å². The van der Waals surface area contributed by atoms with Crippen molar-refractivity contribution in [2.45, 2.75) is 32.4 Å². The van der Waals surface area contributed by atoms with Crippen molar-refractivity contribution in [2.24, 2.45) is 0 Å². The minimum absolute atomic E-state index is 0.158. The van der Waals surface area contributed by atoms with Gasteiger partial charge in [-0.15, -0.1) is 0 Å². The fourth-order valence-corrected chi connectivity index (χ4v) is 3.16. The highest BCUT2D eigenvalue weighted by Crippen LogP contribution is 2.30. The number of ether oxygens (including phenoxy) is 1. The van der Waals surface area contributed by atoms with Crippen LogP contribution >= 0.6 is 0 Å². The Hall–Kier alpha value is -3.13. The van der Waals surface area contributed by atoms with E-state index in [0.29, 0.717) is 13.2 Å². The van der Waals surface area contributed by atoms with Gasteiger partial charge in [0.15, 0.2) is 5.69 Å². The highest BCUT2D eigenvalue weighted by Gasteiger charge is 2.30. The predicted molar refractivity (Wildman–Crippen MR) is 100 cm³/mol. The standard InChI is InChI=1S/C21H18F3N3O2/c1-13-2-4-14(5-3-13)19-11-27-17(12-29-19)10-18(26-27)20(28)25-16-8-6-15(7-9-16)21(22,23)24/h2-10,19H,11-12H2,1H3,(H,25,28). The van der Waals surface area contributed by atoms with E-state index in [1.165, 1.54) is 12.1 Å². The molecule has 29 heavy (non-hydrogen) atoms. The van der Waals surface area contributed by atoms with Crippen molar-refractivity contribution in [3.05, 3.63) is 82.7 Å². The molecule has 1 amide bonds. The van der Waals surface area contributed by atoms with Crippen LogP contribution in [0.15, 0.2) is 54.6 Å². The molecule has 2 heterocycles. The van der Waals surface area contributed by atoms with Gasteiger partial charge in [-0.05, 0) is 42.8 Å². The number of nitrogens with zero attached hydrogens (tertiary/aromatic N) is 2. The quantitative estimate of drug-likeness (QED) is 0.690. The van der Waals surface area contributed by atoms with Gasteiger partial charge >= 0.3 is 6.18 Å². The second kappa shape index (κ2) is 7.36. The maximum atomic E-state index is 12.6. The van der Waals surface area contributed by atoms with Gasteiger partial charge < -0.3 is 10.1 Å². The summed E-state index contributed by atoms with van der Waals surface area (Å²) in [7, 11) is 0. The van der Waals surface area contributed by atoms with E-state index in [1.807, 2.05) is 31.2 Å². The van der Waals surface area contributed by atoms with Crippen LogP contribution in [0, 0.1) is 6.92 Å². The van der Waals surface area contributed by atoms with E-state index in [9.17, 15) is 18.0 Å². The Morgan fingerprint density at radius 3 is 2.48 bits per heavy atom. The Labute approximate surface area is 165 Å². The topological polar surface area (TPSA) is 56.2 Å². The van der Waals surface area contributed by atoms with Gasteiger partial charge in [0.1, 0.15) is 6.10 Å². The molecule has 2 aromatic carbocycles. The van der Waals surface area contributed by atoms with Gasteiger partial charge in [-0.2, -0.15) is 18.3 Å². The molecule has 1 aliphatic heterocycles. The Morgan fingerprint density at radius 2 is 1.83 bits per heavy atom. The van der Waals surface area contributed by atoms with Crippen LogP contribution in [0.2, 0.25) is 0 Å². The minimum atomic E-state index is -4.42. The number of aryl methyl sites for hydroxylation is 1. The van der Waals surface area contributed by atoms with Crippen LogP contribution in [-0.4, -0.2) is 15.7 Å². The zero-order valence-electron chi connectivity index (χ0n) is 15.5. The Balaban J connectivity index is 1.46. The number of hydrogen-bond acceptors (Lipinski definition) is 3. The molecule has 150 valence electrons. The first kappa shape index (κ1) is 19.2. The summed E-state index contributed by atoms with van der Waals surface area (Å²) in [6, 6.07) is 14.0. The molecule has 5 nitrogen and oxygen atoms in total. The van der Waals surface area contributed by atoms with Crippen LogP contribution < -0.4 is 5.32 Å². The van der Waals surface area contributed by atoms with Gasteiger partial charge in [0, 0.05) is 5.69 Å². The molecule has 0 spiro atoms. The zero-order chi connectivity index (χ0) is 20.6. The highest BCUT2D eigenvalue weighted by atomic mass is 19.4. The number of fused-ring (bicyclic) bond motifs is 1. The first-order valence-electron chi connectivity index (χ1n) is 9.03. The average molecular weight is 401 g/mol. The average Bonchev–Trinajstić information content (AvgIpc) is 3.12. The monoisotopic (exact) mass is 401 g/mol. The molecule has 0 aliphatic carbocycles. The summed E-state index contributed by atoms with van der Waals surface area (Å²) in [5.74, 6) is -0.487. The molecule has 1 aromatic heterocycles. The fraction of sp³-hybridized carbons (Fsp3) is 0.238. The second-order valence-corrected chi connectivity index (χ2v) is 6.94. The van der Waals surface area contributed by atoms with Crippen LogP contribution in [-0.2, 0) is 24.1 Å². The summed E-state index contributed by atoms with van der Waals surface area (Å²) in [5.41, 5.74) is 2.65. The Kier molecular flexibility index (Phi) is 4.87. The number of alkyl halides is 3. The lowest BCUT2D eigenvalue weighted by Gasteiger charge is -2.24. The number of amides is 1. The van der Waals surface area contributed by atoms with Gasteiger partial charge in [-0.1, -0.05) is 29.8 Å². The van der Waals surface area contributed by atoms with Crippen molar-refractivity contribution in [1.82, 2.24) is 9.78 Å². The first-order chi connectivity index (χ1) is 13.8. The molecule has 0 bridgehead atoms. The van der Waals surface area contributed by atoms with Crippen molar-refractivity contribution < 1.29 is 22.7 Å². The third kappa shape index (κ3) is 4.17. The van der Waals surface area contributed by atoms with E-state index in [0.717, 1.165) is 29.0 Å². The van der Waals surface area contributed by atoms with Crippen molar-refractivity contribution in [1.29, 1.82) is 0 Å². The number of carbonyl (C=O) groups is 1. The fourth-order valence-electron chi connectivity index (χ4n) is 3.16. The van der Waals surface area contributed by atoms with E-state index < -0.39 is 17.6 Å². The lowest BCUT2D eigenvalue weighted by atomic mass is 10.1. The molecule has 1 atom stereocenters. The largest absolute Gasteiger partial charge is 0.416 e. The van der Waals surface area contributed by atoms with E-state index >= 15 is 0 Å². The molecule has 0 saturated heterocycles. The maximum absolute atomic E-state index is 12.6. The summed E-state index contributed by atoms with van der Waals surface area (Å²) < 4.78 is 45.5. The smallest absolute Gasteiger partial charge is 0.365 e. The summed E-state index contributed by atoms with van der Waals surface area (Å²) >= 11 is 0. The van der Waals surface area contributed by atoms with E-state index in [2.05, 4.69) is 10.4 Å². The maximum Gasteiger partial charge on any atom is 0.416 e. The molecule has 1 unspecified atom stereocenters. The van der Waals surface area contributed by atoms with Gasteiger partial charge in [0.25, 0.3) is 5.91 Å². The minimum Gasteiger partial charge on any atom is -0.365 e. The van der Waals surface area contributed by atoms with E-state index in [1.54, 1.807) is 10.7 Å². The number of carbonyl (C=O) groups excluding carboxylic acids is 1. The molecule has 0 radical (unpaired) electrons. The van der Waals surface area contributed by atoms with E-state index in [4.69, 9.17) is 4.74 Å². The molecule has 4 rings (SSSR count). The number of benzene rings is 2. The van der Waals surface area contributed by atoms with Crippen molar-refractivity contribution >= 4 is 11.6 Å². The Morgan fingerprint density at radius 1 is 1.14 bits per heavy atom. The van der Waals surface area contributed by atoms with Crippen LogP contribution in [0.5, 0.6) is 0 Å². The molecule has 0 fully saturated rings. The van der Waals surface area contributed by atoms with Gasteiger partial charge in [0.05, 0.1) is 24.4 Å². The molecule has 0 saturated carbocycles. The third-order valence-electron chi connectivity index (χ3n) is 4.79. The first-order valence-corrected chi connectivity index (χ1v) is 9.03.